The molecule has 0 heterocycles. The molecular weight excluding hydrogens is 140 g/mol. The van der Waals surface area contributed by atoms with Crippen molar-refractivity contribution >= 4 is 0 Å². The second-order valence-corrected chi connectivity index (χ2v) is 3.13. The van der Waals surface area contributed by atoms with Gasteiger partial charge < -0.3 is 9.84 Å². The van der Waals surface area contributed by atoms with E-state index in [0.29, 0.717) is 5.92 Å². The van der Waals surface area contributed by atoms with E-state index in [1.54, 1.807) is 7.11 Å². The lowest BCUT2D eigenvalue weighted by Gasteiger charge is -2.05. The van der Waals surface area contributed by atoms with Gasteiger partial charge >= 0.3 is 0 Å². The molecule has 0 aromatic rings. The summed E-state index contributed by atoms with van der Waals surface area (Å²) in [6, 6.07) is 0. The molecule has 1 fully saturated rings. The molecule has 0 saturated heterocycles. The molecule has 11 heavy (non-hydrogen) atoms. The fraction of sp³-hybridized carbons (Fsp3) is 0.778. The zero-order chi connectivity index (χ0) is 8.27. The molecule has 1 saturated carbocycles. The van der Waals surface area contributed by atoms with Crippen LogP contribution in [0.2, 0.25) is 0 Å². The third-order valence-corrected chi connectivity index (χ3v) is 2.24. The second kappa shape index (κ2) is 3.75. The van der Waals surface area contributed by atoms with Crippen molar-refractivity contribution in [1.82, 2.24) is 0 Å². The van der Waals surface area contributed by atoms with Crippen molar-refractivity contribution in [2.45, 2.75) is 18.9 Å². The molecule has 62 valence electrons. The van der Waals surface area contributed by atoms with Crippen molar-refractivity contribution in [3.05, 3.63) is 0 Å². The first-order chi connectivity index (χ1) is 5.27. The van der Waals surface area contributed by atoms with Crippen LogP contribution in [0, 0.1) is 24.2 Å². The van der Waals surface area contributed by atoms with E-state index in [1.165, 1.54) is 0 Å². The average molecular weight is 154 g/mol. The third-order valence-electron chi connectivity index (χ3n) is 2.24. The minimum Gasteiger partial charge on any atom is -0.392 e. The predicted molar refractivity (Wildman–Crippen MR) is 42.9 cm³/mol. The first-order valence-corrected chi connectivity index (χ1v) is 3.91. The average Bonchev–Trinajstić information content (AvgIpc) is 2.32. The molecule has 0 aromatic heterocycles. The van der Waals surface area contributed by atoms with Crippen LogP contribution in [0.25, 0.3) is 0 Å². The number of hydrogen-bond acceptors (Lipinski definition) is 2. The molecule has 1 rings (SSSR count). The van der Waals surface area contributed by atoms with Gasteiger partial charge in [-0.05, 0) is 18.8 Å². The van der Waals surface area contributed by atoms with Crippen LogP contribution < -0.4 is 0 Å². The van der Waals surface area contributed by atoms with Gasteiger partial charge in [0.25, 0.3) is 0 Å². The number of methoxy groups -OCH3 is 1. The highest BCUT2D eigenvalue weighted by Crippen LogP contribution is 2.30. The number of hydrogen-bond donors (Lipinski definition) is 1. The minimum absolute atomic E-state index is 0.0511. The molecule has 1 aliphatic rings. The van der Waals surface area contributed by atoms with Gasteiger partial charge in [0, 0.05) is 19.6 Å². The van der Waals surface area contributed by atoms with Crippen LogP contribution in [0.3, 0.4) is 0 Å². The molecule has 1 N–H and O–H groups in total. The van der Waals surface area contributed by atoms with Crippen molar-refractivity contribution in [2.75, 3.05) is 13.7 Å². The Morgan fingerprint density at radius 3 is 2.82 bits per heavy atom. The summed E-state index contributed by atoms with van der Waals surface area (Å²) in [5.74, 6) is 3.10. The van der Waals surface area contributed by atoms with Crippen LogP contribution in [0.15, 0.2) is 0 Å². The van der Waals surface area contributed by atoms with Crippen LogP contribution >= 0.6 is 0 Å². The molecule has 0 aromatic carbocycles. The maximum Gasteiger partial charge on any atom is 0.0681 e. The van der Waals surface area contributed by atoms with E-state index in [0.717, 1.165) is 19.4 Å². The Hall–Kier alpha value is -0.520. The number of aliphatic hydroxyl groups is 1. The van der Waals surface area contributed by atoms with Crippen LogP contribution in [-0.2, 0) is 4.74 Å². The number of aliphatic hydroxyl groups excluding tert-OH is 1. The van der Waals surface area contributed by atoms with Crippen molar-refractivity contribution < 1.29 is 9.84 Å². The summed E-state index contributed by atoms with van der Waals surface area (Å²) >= 11 is 0. The number of rotatable bonds is 2. The van der Waals surface area contributed by atoms with Crippen LogP contribution in [0.5, 0.6) is 0 Å². The van der Waals surface area contributed by atoms with Crippen molar-refractivity contribution in [3.63, 3.8) is 0 Å². The summed E-state index contributed by atoms with van der Waals surface area (Å²) in [6.45, 7) is 0.718. The quantitative estimate of drug-likeness (QED) is 0.592. The van der Waals surface area contributed by atoms with Gasteiger partial charge in [-0.1, -0.05) is 0 Å². The van der Waals surface area contributed by atoms with E-state index in [-0.39, 0.29) is 12.0 Å². The summed E-state index contributed by atoms with van der Waals surface area (Å²) in [5, 5.41) is 9.39. The lowest BCUT2D eigenvalue weighted by Crippen LogP contribution is -2.10. The van der Waals surface area contributed by atoms with Gasteiger partial charge in [0.15, 0.2) is 0 Å². The fourth-order valence-electron chi connectivity index (χ4n) is 1.67. The minimum atomic E-state index is -0.305. The molecule has 3 unspecified atom stereocenters. The molecule has 2 heteroatoms. The zero-order valence-corrected chi connectivity index (χ0v) is 6.79. The summed E-state index contributed by atoms with van der Waals surface area (Å²) in [5.41, 5.74) is 0. The van der Waals surface area contributed by atoms with E-state index in [4.69, 9.17) is 11.2 Å². The van der Waals surface area contributed by atoms with Crippen LogP contribution in [-0.4, -0.2) is 24.9 Å². The van der Waals surface area contributed by atoms with Gasteiger partial charge in [-0.15, -0.1) is 12.3 Å². The molecule has 0 bridgehead atoms. The SMILES string of the molecule is C#CC1CC(COC)CC1O. The normalized spacial score (nSPS) is 37.0. The smallest absolute Gasteiger partial charge is 0.0681 e. The van der Waals surface area contributed by atoms with Gasteiger partial charge in [-0.2, -0.15) is 0 Å². The Morgan fingerprint density at radius 2 is 2.36 bits per heavy atom. The Balaban J connectivity index is 2.38. The van der Waals surface area contributed by atoms with Gasteiger partial charge in [0.05, 0.1) is 6.10 Å². The third kappa shape index (κ3) is 1.95. The largest absolute Gasteiger partial charge is 0.392 e. The lowest BCUT2D eigenvalue weighted by atomic mass is 10.1. The Bertz CT molecular complexity index is 159. The first kappa shape index (κ1) is 8.58. The second-order valence-electron chi connectivity index (χ2n) is 3.13. The molecule has 0 radical (unpaired) electrons. The first-order valence-electron chi connectivity index (χ1n) is 3.91. The number of ether oxygens (including phenoxy) is 1. The van der Waals surface area contributed by atoms with Gasteiger partial charge in [-0.3, -0.25) is 0 Å². The highest BCUT2D eigenvalue weighted by molar-refractivity contribution is 5.01. The summed E-state index contributed by atoms with van der Waals surface area (Å²) in [6.07, 6.45) is 6.63. The highest BCUT2D eigenvalue weighted by atomic mass is 16.5. The van der Waals surface area contributed by atoms with Gasteiger partial charge in [-0.25, -0.2) is 0 Å². The highest BCUT2D eigenvalue weighted by Gasteiger charge is 2.31. The van der Waals surface area contributed by atoms with E-state index >= 15 is 0 Å². The maximum absolute atomic E-state index is 9.39. The number of terminal acetylenes is 1. The van der Waals surface area contributed by atoms with E-state index in [2.05, 4.69) is 5.92 Å². The molecule has 0 aliphatic heterocycles. The van der Waals surface area contributed by atoms with Crippen LogP contribution in [0.4, 0.5) is 0 Å². The lowest BCUT2D eigenvalue weighted by molar-refractivity contribution is 0.130. The van der Waals surface area contributed by atoms with E-state index < -0.39 is 0 Å². The van der Waals surface area contributed by atoms with E-state index in [9.17, 15) is 5.11 Å². The molecular formula is C9H14O2. The molecule has 1 aliphatic carbocycles. The monoisotopic (exact) mass is 154 g/mol. The maximum atomic E-state index is 9.39. The van der Waals surface area contributed by atoms with Crippen molar-refractivity contribution in [3.8, 4) is 12.3 Å². The van der Waals surface area contributed by atoms with Crippen LogP contribution in [0.1, 0.15) is 12.8 Å². The predicted octanol–water partition coefficient (Wildman–Crippen LogP) is 0.653. The van der Waals surface area contributed by atoms with Gasteiger partial charge in [0.1, 0.15) is 0 Å². The summed E-state index contributed by atoms with van der Waals surface area (Å²) in [7, 11) is 1.68. The Kier molecular flexibility index (Phi) is 2.92. The molecule has 0 amide bonds. The fourth-order valence-corrected chi connectivity index (χ4v) is 1.67. The van der Waals surface area contributed by atoms with Crippen molar-refractivity contribution in [1.29, 1.82) is 0 Å². The summed E-state index contributed by atoms with van der Waals surface area (Å²) < 4.78 is 4.99. The van der Waals surface area contributed by atoms with E-state index in [1.807, 2.05) is 0 Å². The Labute approximate surface area is 67.6 Å². The molecule has 3 atom stereocenters. The molecule has 2 nitrogen and oxygen atoms in total. The van der Waals surface area contributed by atoms with Crippen molar-refractivity contribution in [2.24, 2.45) is 11.8 Å². The zero-order valence-electron chi connectivity index (χ0n) is 6.79. The summed E-state index contributed by atoms with van der Waals surface area (Å²) in [4.78, 5) is 0. The standard InChI is InChI=1S/C9H14O2/c1-3-8-4-7(6-11-2)5-9(8)10/h1,7-10H,4-6H2,2H3. The molecule has 0 spiro atoms. The Morgan fingerprint density at radius 1 is 1.64 bits per heavy atom. The topological polar surface area (TPSA) is 29.5 Å². The van der Waals surface area contributed by atoms with Gasteiger partial charge in [0.2, 0.25) is 0 Å².